The Morgan fingerprint density at radius 2 is 1.93 bits per heavy atom. The van der Waals surface area contributed by atoms with E-state index < -0.39 is 5.79 Å². The number of fused-ring (bicyclic) bond motifs is 1. The molecule has 0 aliphatic carbocycles. The summed E-state index contributed by atoms with van der Waals surface area (Å²) in [4.78, 5) is 14.2. The van der Waals surface area contributed by atoms with E-state index in [0.717, 1.165) is 12.0 Å². The van der Waals surface area contributed by atoms with Gasteiger partial charge in [0.15, 0.2) is 0 Å². The van der Waals surface area contributed by atoms with E-state index in [2.05, 4.69) is 17.4 Å². The van der Waals surface area contributed by atoms with E-state index in [-0.39, 0.29) is 11.8 Å². The maximum absolute atomic E-state index is 13.3. The van der Waals surface area contributed by atoms with Gasteiger partial charge in [-0.1, -0.05) is 30.3 Å². The Balaban J connectivity index is 1.27. The van der Waals surface area contributed by atoms with Gasteiger partial charge in [-0.15, -0.1) is 0 Å². The number of nitrogens with one attached hydrogen (secondary N) is 1. The number of amides is 2. The van der Waals surface area contributed by atoms with E-state index >= 15 is 0 Å². The zero-order chi connectivity index (χ0) is 18.7. The maximum atomic E-state index is 13.3. The first-order chi connectivity index (χ1) is 13.1. The monoisotopic (exact) mass is 370 g/mol. The number of ether oxygens (including phenoxy) is 2. The quantitative estimate of drug-likeness (QED) is 0.900. The highest BCUT2D eigenvalue weighted by atomic mass is 19.1. The van der Waals surface area contributed by atoms with Gasteiger partial charge in [0.1, 0.15) is 11.6 Å². The zero-order valence-corrected chi connectivity index (χ0v) is 15.1. The fraction of sp³-hybridized carbons (Fsp3) is 0.381. The molecule has 2 aromatic carbocycles. The molecule has 0 radical (unpaired) electrons. The molecule has 0 aromatic heterocycles. The molecule has 4 rings (SSSR count). The molecule has 1 spiro atoms. The van der Waals surface area contributed by atoms with Crippen molar-refractivity contribution in [2.45, 2.75) is 31.7 Å². The molecular weight excluding hydrogens is 347 g/mol. The molecule has 1 fully saturated rings. The highest BCUT2D eigenvalue weighted by molar-refractivity contribution is 5.74. The Morgan fingerprint density at radius 1 is 1.15 bits per heavy atom. The lowest BCUT2D eigenvalue weighted by Gasteiger charge is -2.43. The van der Waals surface area contributed by atoms with Crippen LogP contribution in [0, 0.1) is 5.82 Å². The van der Waals surface area contributed by atoms with Crippen molar-refractivity contribution in [3.8, 4) is 5.75 Å². The van der Waals surface area contributed by atoms with Gasteiger partial charge in [-0.05, 0) is 30.2 Å². The summed E-state index contributed by atoms with van der Waals surface area (Å²) in [6, 6.07) is 14.5. The van der Waals surface area contributed by atoms with Crippen LogP contribution in [0.5, 0.6) is 5.75 Å². The van der Waals surface area contributed by atoms with Crippen LogP contribution in [0.1, 0.15) is 24.0 Å². The summed E-state index contributed by atoms with van der Waals surface area (Å²) in [5, 5.41) is 2.98. The summed E-state index contributed by atoms with van der Waals surface area (Å²) in [7, 11) is 0. The van der Waals surface area contributed by atoms with E-state index in [1.54, 1.807) is 11.0 Å². The third kappa shape index (κ3) is 4.06. The number of likely N-dealkylation sites (tertiary alicyclic amines) is 1. The van der Waals surface area contributed by atoms with Crippen LogP contribution >= 0.6 is 0 Å². The van der Waals surface area contributed by atoms with Crippen molar-refractivity contribution in [3.63, 3.8) is 0 Å². The highest BCUT2D eigenvalue weighted by Crippen LogP contribution is 2.37. The summed E-state index contributed by atoms with van der Waals surface area (Å²) < 4.78 is 25.3. The van der Waals surface area contributed by atoms with Crippen LogP contribution in [0.15, 0.2) is 48.5 Å². The number of hydrogen-bond acceptors (Lipinski definition) is 3. The van der Waals surface area contributed by atoms with Gasteiger partial charge >= 0.3 is 6.03 Å². The average Bonchev–Trinajstić information content (AvgIpc) is 2.70. The number of urea groups is 1. The van der Waals surface area contributed by atoms with Gasteiger partial charge in [0.2, 0.25) is 5.79 Å². The smallest absolute Gasteiger partial charge is 0.317 e. The van der Waals surface area contributed by atoms with E-state index in [1.807, 2.05) is 18.2 Å². The third-order valence-electron chi connectivity index (χ3n) is 5.15. The normalized spacial score (nSPS) is 17.9. The number of halogens is 1. The summed E-state index contributed by atoms with van der Waals surface area (Å²) >= 11 is 0. The van der Waals surface area contributed by atoms with Gasteiger partial charge in [-0.3, -0.25) is 0 Å². The minimum atomic E-state index is -0.717. The molecule has 2 amide bonds. The van der Waals surface area contributed by atoms with E-state index in [0.29, 0.717) is 44.8 Å². The number of carbonyl (C=O) groups excluding carboxylic acids is 1. The molecule has 2 aliphatic heterocycles. The molecule has 2 heterocycles. The Morgan fingerprint density at radius 3 is 2.70 bits per heavy atom. The van der Waals surface area contributed by atoms with E-state index in [4.69, 9.17) is 9.47 Å². The lowest BCUT2D eigenvalue weighted by atomic mass is 10.0. The molecule has 0 unspecified atom stereocenters. The van der Waals surface area contributed by atoms with E-state index in [1.165, 1.54) is 17.7 Å². The topological polar surface area (TPSA) is 50.8 Å². The number of benzene rings is 2. The number of carbonyl (C=O) groups is 1. The second kappa shape index (κ2) is 7.56. The zero-order valence-electron chi connectivity index (χ0n) is 15.1. The maximum Gasteiger partial charge on any atom is 0.317 e. The fourth-order valence-electron chi connectivity index (χ4n) is 3.57. The largest absolute Gasteiger partial charge is 0.462 e. The molecule has 2 aliphatic rings. The van der Waals surface area contributed by atoms with Crippen molar-refractivity contribution < 1.29 is 18.7 Å². The lowest BCUT2D eigenvalue weighted by Crippen LogP contribution is -2.54. The standard InChI is InChI=1S/C21H23FN2O3/c22-18-6-7-19-17(14-18)15-26-21(27-19)9-12-24(13-10-21)20(25)23-11-8-16-4-2-1-3-5-16/h1-7,14H,8-13,15H2,(H,23,25). The van der Waals surface area contributed by atoms with Crippen LogP contribution < -0.4 is 10.1 Å². The minimum absolute atomic E-state index is 0.0564. The van der Waals surface area contributed by atoms with Crippen LogP contribution in [0.25, 0.3) is 0 Å². The molecule has 1 N–H and O–H groups in total. The first-order valence-electron chi connectivity index (χ1n) is 9.32. The molecule has 6 heteroatoms. The second-order valence-corrected chi connectivity index (χ2v) is 7.01. The van der Waals surface area contributed by atoms with Crippen molar-refractivity contribution in [2.75, 3.05) is 19.6 Å². The molecule has 0 bridgehead atoms. The van der Waals surface area contributed by atoms with E-state index in [9.17, 15) is 9.18 Å². The van der Waals surface area contributed by atoms with Gasteiger partial charge < -0.3 is 19.7 Å². The van der Waals surface area contributed by atoms with Crippen molar-refractivity contribution in [3.05, 3.63) is 65.5 Å². The summed E-state index contributed by atoms with van der Waals surface area (Å²) in [6.07, 6.45) is 2.00. The number of rotatable bonds is 3. The Kier molecular flexibility index (Phi) is 4.99. The van der Waals surface area contributed by atoms with Gasteiger partial charge in [-0.2, -0.15) is 0 Å². The van der Waals surface area contributed by atoms with Crippen molar-refractivity contribution in [1.82, 2.24) is 10.2 Å². The van der Waals surface area contributed by atoms with Crippen LogP contribution in [-0.4, -0.2) is 36.4 Å². The summed E-state index contributed by atoms with van der Waals surface area (Å²) in [5.41, 5.74) is 1.93. The predicted molar refractivity (Wildman–Crippen MR) is 98.9 cm³/mol. The molecule has 2 aromatic rings. The fourth-order valence-corrected chi connectivity index (χ4v) is 3.57. The average molecular weight is 370 g/mol. The third-order valence-corrected chi connectivity index (χ3v) is 5.15. The molecule has 5 nitrogen and oxygen atoms in total. The first kappa shape index (κ1) is 17.8. The SMILES string of the molecule is O=C(NCCc1ccccc1)N1CCC2(CC1)OCc1cc(F)ccc1O2. The summed E-state index contributed by atoms with van der Waals surface area (Å²) in [5.74, 6) is -0.339. The Labute approximate surface area is 158 Å². The van der Waals surface area contributed by atoms with Crippen LogP contribution in [0.3, 0.4) is 0 Å². The first-order valence-corrected chi connectivity index (χ1v) is 9.32. The van der Waals surface area contributed by atoms with Gasteiger partial charge in [0.05, 0.1) is 6.61 Å². The molecule has 0 saturated carbocycles. The van der Waals surface area contributed by atoms with Gasteiger partial charge in [0.25, 0.3) is 0 Å². The van der Waals surface area contributed by atoms with Crippen molar-refractivity contribution >= 4 is 6.03 Å². The molecule has 27 heavy (non-hydrogen) atoms. The lowest BCUT2D eigenvalue weighted by molar-refractivity contribution is -0.225. The van der Waals surface area contributed by atoms with Gasteiger partial charge in [0, 0.05) is 38.0 Å². The molecule has 1 saturated heterocycles. The van der Waals surface area contributed by atoms with Gasteiger partial charge in [-0.25, -0.2) is 9.18 Å². The second-order valence-electron chi connectivity index (χ2n) is 7.01. The Hall–Kier alpha value is -2.60. The van der Waals surface area contributed by atoms with Crippen molar-refractivity contribution in [2.24, 2.45) is 0 Å². The van der Waals surface area contributed by atoms with Crippen LogP contribution in [0.4, 0.5) is 9.18 Å². The Bertz CT molecular complexity index is 804. The van der Waals surface area contributed by atoms with Crippen LogP contribution in [-0.2, 0) is 17.8 Å². The summed E-state index contributed by atoms with van der Waals surface area (Å²) in [6.45, 7) is 2.06. The molecule has 0 atom stereocenters. The molecular formula is C21H23FN2O3. The highest BCUT2D eigenvalue weighted by Gasteiger charge is 2.41. The molecule has 142 valence electrons. The number of nitrogens with zero attached hydrogens (tertiary/aromatic N) is 1. The number of hydrogen-bond donors (Lipinski definition) is 1. The number of piperidine rings is 1. The minimum Gasteiger partial charge on any atom is -0.462 e. The predicted octanol–water partition coefficient (Wildman–Crippen LogP) is 3.48. The van der Waals surface area contributed by atoms with Crippen molar-refractivity contribution in [1.29, 1.82) is 0 Å². The van der Waals surface area contributed by atoms with Crippen LogP contribution in [0.2, 0.25) is 0 Å².